The van der Waals surface area contributed by atoms with Gasteiger partial charge in [0.2, 0.25) is 5.89 Å². The van der Waals surface area contributed by atoms with Crippen LogP contribution in [0.2, 0.25) is 0 Å². The zero-order valence-corrected chi connectivity index (χ0v) is 11.6. The third-order valence-corrected chi connectivity index (χ3v) is 4.10. The van der Waals surface area contributed by atoms with Crippen LogP contribution in [0.3, 0.4) is 0 Å². The van der Waals surface area contributed by atoms with E-state index in [-0.39, 0.29) is 11.9 Å². The Kier molecular flexibility index (Phi) is 2.94. The number of likely N-dealkylation sites (tertiary alicyclic amines) is 1. The first kappa shape index (κ1) is 12.5. The molecule has 108 valence electrons. The van der Waals surface area contributed by atoms with E-state index in [1.807, 2.05) is 4.90 Å². The van der Waals surface area contributed by atoms with Crippen molar-refractivity contribution < 1.29 is 9.32 Å². The van der Waals surface area contributed by atoms with Crippen LogP contribution in [0.4, 0.5) is 0 Å². The van der Waals surface area contributed by atoms with E-state index in [9.17, 15) is 4.79 Å². The predicted molar refractivity (Wildman–Crippen MR) is 73.5 cm³/mol. The second kappa shape index (κ2) is 4.95. The summed E-state index contributed by atoms with van der Waals surface area (Å²) in [5.41, 5.74) is 0.607. The summed E-state index contributed by atoms with van der Waals surface area (Å²) < 4.78 is 5.32. The van der Waals surface area contributed by atoms with Gasteiger partial charge in [0.15, 0.2) is 5.82 Å². The second-order valence-corrected chi connectivity index (χ2v) is 5.66. The van der Waals surface area contributed by atoms with Crippen molar-refractivity contribution in [3.63, 3.8) is 0 Å². The van der Waals surface area contributed by atoms with E-state index in [1.54, 1.807) is 24.5 Å². The van der Waals surface area contributed by atoms with Crippen LogP contribution in [0.15, 0.2) is 29.0 Å². The van der Waals surface area contributed by atoms with Gasteiger partial charge in [-0.15, -0.1) is 0 Å². The van der Waals surface area contributed by atoms with Crippen LogP contribution in [0.5, 0.6) is 0 Å². The van der Waals surface area contributed by atoms with Gasteiger partial charge in [-0.3, -0.25) is 9.78 Å². The number of hydrogen-bond donors (Lipinski definition) is 0. The Hall–Kier alpha value is -2.24. The highest BCUT2D eigenvalue weighted by atomic mass is 16.5. The van der Waals surface area contributed by atoms with Gasteiger partial charge in [0.05, 0.1) is 11.6 Å². The van der Waals surface area contributed by atoms with Crippen molar-refractivity contribution in [2.75, 3.05) is 6.54 Å². The molecule has 2 aliphatic rings. The molecule has 1 aliphatic heterocycles. The predicted octanol–water partition coefficient (Wildman–Crippen LogP) is 2.32. The Balaban J connectivity index is 1.58. The van der Waals surface area contributed by atoms with Crippen LogP contribution in [0.25, 0.3) is 0 Å². The summed E-state index contributed by atoms with van der Waals surface area (Å²) in [6, 6.07) is 3.49. The molecule has 0 bridgehead atoms. The summed E-state index contributed by atoms with van der Waals surface area (Å²) >= 11 is 0. The van der Waals surface area contributed by atoms with Crippen LogP contribution < -0.4 is 0 Å². The van der Waals surface area contributed by atoms with E-state index < -0.39 is 0 Å². The number of carbonyl (C=O) groups excluding carboxylic acids is 1. The van der Waals surface area contributed by atoms with Crippen LogP contribution in [0, 0.1) is 0 Å². The summed E-state index contributed by atoms with van der Waals surface area (Å²) in [5, 5.41) is 4.09. The molecule has 6 nitrogen and oxygen atoms in total. The number of pyridine rings is 1. The largest absolute Gasteiger partial charge is 0.339 e. The van der Waals surface area contributed by atoms with E-state index in [4.69, 9.17) is 4.52 Å². The molecule has 0 aromatic carbocycles. The Morgan fingerprint density at radius 3 is 3.00 bits per heavy atom. The minimum Gasteiger partial charge on any atom is -0.339 e. The summed E-state index contributed by atoms with van der Waals surface area (Å²) in [6.07, 6.45) is 7.37. The number of amides is 1. The van der Waals surface area contributed by atoms with E-state index in [2.05, 4.69) is 15.1 Å². The number of hydrogen-bond acceptors (Lipinski definition) is 5. The summed E-state index contributed by atoms with van der Waals surface area (Å²) in [4.78, 5) is 22.9. The third kappa shape index (κ3) is 2.30. The Bertz CT molecular complexity index is 651. The van der Waals surface area contributed by atoms with Gasteiger partial charge < -0.3 is 9.42 Å². The highest BCUT2D eigenvalue weighted by Crippen LogP contribution is 2.40. The minimum atomic E-state index is -0.0750. The molecule has 6 heteroatoms. The SMILES string of the molecule is O=C(c1cccnc1)N1CCC[C@H]1c1noc(C2CC2)n1. The number of carbonyl (C=O) groups is 1. The molecule has 1 saturated heterocycles. The number of rotatable bonds is 3. The fourth-order valence-corrected chi connectivity index (χ4v) is 2.81. The molecule has 2 aromatic rings. The zero-order chi connectivity index (χ0) is 14.2. The Morgan fingerprint density at radius 1 is 1.33 bits per heavy atom. The topological polar surface area (TPSA) is 72.1 Å². The van der Waals surface area contributed by atoms with Crippen LogP contribution in [0.1, 0.15) is 59.7 Å². The van der Waals surface area contributed by atoms with Gasteiger partial charge in [-0.2, -0.15) is 4.98 Å². The van der Waals surface area contributed by atoms with Gasteiger partial charge in [-0.25, -0.2) is 0 Å². The average Bonchev–Trinajstić information content (AvgIpc) is 3.07. The maximum atomic E-state index is 12.6. The molecule has 1 aliphatic carbocycles. The van der Waals surface area contributed by atoms with Gasteiger partial charge >= 0.3 is 0 Å². The fraction of sp³-hybridized carbons (Fsp3) is 0.467. The van der Waals surface area contributed by atoms with Gasteiger partial charge in [-0.1, -0.05) is 5.16 Å². The highest BCUT2D eigenvalue weighted by molar-refractivity contribution is 5.94. The molecule has 21 heavy (non-hydrogen) atoms. The lowest BCUT2D eigenvalue weighted by Crippen LogP contribution is -2.31. The quantitative estimate of drug-likeness (QED) is 0.865. The molecular formula is C15H16N4O2. The molecule has 3 heterocycles. The molecule has 4 rings (SSSR count). The molecule has 1 atom stereocenters. The molecule has 2 aromatic heterocycles. The maximum Gasteiger partial charge on any atom is 0.256 e. The van der Waals surface area contributed by atoms with E-state index >= 15 is 0 Å². The lowest BCUT2D eigenvalue weighted by Gasteiger charge is -2.22. The van der Waals surface area contributed by atoms with Crippen LogP contribution in [-0.4, -0.2) is 32.5 Å². The van der Waals surface area contributed by atoms with Crippen LogP contribution in [-0.2, 0) is 0 Å². The first-order valence-corrected chi connectivity index (χ1v) is 7.37. The minimum absolute atomic E-state index is 0.0108. The van der Waals surface area contributed by atoms with E-state index in [0.717, 1.165) is 38.1 Å². The normalized spacial score (nSPS) is 21.7. The molecule has 1 saturated carbocycles. The second-order valence-electron chi connectivity index (χ2n) is 5.66. The highest BCUT2D eigenvalue weighted by Gasteiger charge is 2.36. The molecule has 0 spiro atoms. The standard InChI is InChI=1S/C15H16N4O2/c20-15(11-3-1-7-16-9-11)19-8-2-4-12(19)13-17-14(21-18-13)10-5-6-10/h1,3,7,9-10,12H,2,4-6,8H2/t12-/m0/s1. The third-order valence-electron chi connectivity index (χ3n) is 4.10. The lowest BCUT2D eigenvalue weighted by molar-refractivity contribution is 0.0728. The fourth-order valence-electron chi connectivity index (χ4n) is 2.81. The van der Waals surface area contributed by atoms with Gasteiger partial charge in [-0.05, 0) is 37.8 Å². The first-order chi connectivity index (χ1) is 10.3. The van der Waals surface area contributed by atoms with Crippen molar-refractivity contribution in [2.45, 2.75) is 37.6 Å². The van der Waals surface area contributed by atoms with E-state index in [1.165, 1.54) is 0 Å². The molecule has 0 radical (unpaired) electrons. The molecule has 1 amide bonds. The van der Waals surface area contributed by atoms with Gasteiger partial charge in [0.25, 0.3) is 5.91 Å². The maximum absolute atomic E-state index is 12.6. The zero-order valence-electron chi connectivity index (χ0n) is 11.6. The molecule has 2 fully saturated rings. The van der Waals surface area contributed by atoms with Crippen molar-refractivity contribution in [3.8, 4) is 0 Å². The first-order valence-electron chi connectivity index (χ1n) is 7.37. The van der Waals surface area contributed by atoms with Crippen molar-refractivity contribution in [1.29, 1.82) is 0 Å². The van der Waals surface area contributed by atoms with Crippen molar-refractivity contribution in [3.05, 3.63) is 41.8 Å². The molecule has 0 N–H and O–H groups in total. The summed E-state index contributed by atoms with van der Waals surface area (Å²) in [7, 11) is 0. The van der Waals surface area contributed by atoms with Gasteiger partial charge in [0, 0.05) is 24.9 Å². The summed E-state index contributed by atoms with van der Waals surface area (Å²) in [5.74, 6) is 1.80. The van der Waals surface area contributed by atoms with Crippen molar-refractivity contribution in [1.82, 2.24) is 20.0 Å². The van der Waals surface area contributed by atoms with Crippen molar-refractivity contribution >= 4 is 5.91 Å². The summed E-state index contributed by atoms with van der Waals surface area (Å²) in [6.45, 7) is 0.728. The van der Waals surface area contributed by atoms with E-state index in [0.29, 0.717) is 17.3 Å². The molecular weight excluding hydrogens is 268 g/mol. The molecule has 0 unspecified atom stereocenters. The van der Waals surface area contributed by atoms with Crippen molar-refractivity contribution in [2.24, 2.45) is 0 Å². The monoisotopic (exact) mass is 284 g/mol. The Morgan fingerprint density at radius 2 is 2.24 bits per heavy atom. The van der Waals surface area contributed by atoms with Crippen LogP contribution >= 0.6 is 0 Å². The average molecular weight is 284 g/mol. The lowest BCUT2D eigenvalue weighted by atomic mass is 10.2. The smallest absolute Gasteiger partial charge is 0.256 e. The number of nitrogens with zero attached hydrogens (tertiary/aromatic N) is 4. The Labute approximate surface area is 122 Å². The van der Waals surface area contributed by atoms with Gasteiger partial charge in [0.1, 0.15) is 0 Å². The number of aromatic nitrogens is 3.